The number of likely N-dealkylation sites (tertiary alicyclic amines) is 1. The minimum Gasteiger partial charge on any atom is -0.355 e. The Labute approximate surface area is 146 Å². The number of nitrogens with zero attached hydrogens (tertiary/aromatic N) is 3. The molecule has 3 rings (SSSR count). The van der Waals surface area contributed by atoms with E-state index in [1.807, 2.05) is 6.07 Å². The summed E-state index contributed by atoms with van der Waals surface area (Å²) in [7, 11) is 0. The van der Waals surface area contributed by atoms with E-state index < -0.39 is 0 Å². The maximum atomic E-state index is 11.9. The summed E-state index contributed by atoms with van der Waals surface area (Å²) < 4.78 is 0. The molecule has 0 aliphatic carbocycles. The monoisotopic (exact) mass is 342 g/mol. The second kappa shape index (κ2) is 8.80. The molecule has 1 N–H and O–H groups in total. The molecule has 0 spiro atoms. The summed E-state index contributed by atoms with van der Waals surface area (Å²) in [5.74, 6) is 0.953. The van der Waals surface area contributed by atoms with E-state index in [2.05, 4.69) is 44.5 Å². The summed E-state index contributed by atoms with van der Waals surface area (Å²) in [6, 6.07) is 12.3. The van der Waals surface area contributed by atoms with E-state index in [-0.39, 0.29) is 5.91 Å². The molecule has 1 fully saturated rings. The van der Waals surface area contributed by atoms with E-state index in [0.717, 1.165) is 32.6 Å². The lowest BCUT2D eigenvalue weighted by Gasteiger charge is -2.16. The van der Waals surface area contributed by atoms with Crippen LogP contribution in [0.25, 0.3) is 0 Å². The minimum atomic E-state index is 0.0500. The van der Waals surface area contributed by atoms with Gasteiger partial charge in [-0.25, -0.2) is 9.97 Å². The second-order valence-corrected chi connectivity index (χ2v) is 6.94. The highest BCUT2D eigenvalue weighted by molar-refractivity contribution is 7.99. The number of carbonyl (C=O) groups is 1. The maximum Gasteiger partial charge on any atom is 0.230 e. The molecule has 1 atom stereocenters. The van der Waals surface area contributed by atoms with Gasteiger partial charge in [0.05, 0.1) is 5.75 Å². The molecule has 6 heteroatoms. The normalized spacial score (nSPS) is 17.8. The average molecular weight is 342 g/mol. The number of amides is 1. The first-order valence-electron chi connectivity index (χ1n) is 8.22. The molecule has 24 heavy (non-hydrogen) atoms. The first kappa shape index (κ1) is 16.9. The van der Waals surface area contributed by atoms with Gasteiger partial charge in [0.25, 0.3) is 0 Å². The van der Waals surface area contributed by atoms with Crippen molar-refractivity contribution in [3.05, 3.63) is 54.4 Å². The topological polar surface area (TPSA) is 58.1 Å². The summed E-state index contributed by atoms with van der Waals surface area (Å²) in [4.78, 5) is 22.6. The van der Waals surface area contributed by atoms with E-state index >= 15 is 0 Å². The van der Waals surface area contributed by atoms with Gasteiger partial charge >= 0.3 is 0 Å². The lowest BCUT2D eigenvalue weighted by atomic mass is 10.1. The average Bonchev–Trinajstić information content (AvgIpc) is 3.07. The predicted molar refractivity (Wildman–Crippen MR) is 95.6 cm³/mol. The van der Waals surface area contributed by atoms with E-state index in [9.17, 15) is 4.79 Å². The van der Waals surface area contributed by atoms with Crippen molar-refractivity contribution in [2.75, 3.05) is 25.4 Å². The Balaban J connectivity index is 1.34. The Hall–Kier alpha value is -1.92. The third-order valence-electron chi connectivity index (χ3n) is 4.08. The SMILES string of the molecule is O=C(CSc1ncccn1)NC[C@H]1CCN(Cc2ccccc2)C1. The quantitative estimate of drug-likeness (QED) is 0.617. The van der Waals surface area contributed by atoms with Crippen LogP contribution in [0.3, 0.4) is 0 Å². The van der Waals surface area contributed by atoms with Crippen molar-refractivity contribution in [1.29, 1.82) is 0 Å². The van der Waals surface area contributed by atoms with Gasteiger partial charge in [-0.15, -0.1) is 0 Å². The van der Waals surface area contributed by atoms with E-state index in [1.54, 1.807) is 18.5 Å². The van der Waals surface area contributed by atoms with Gasteiger partial charge in [0.2, 0.25) is 5.91 Å². The molecular weight excluding hydrogens is 320 g/mol. The van der Waals surface area contributed by atoms with Crippen LogP contribution < -0.4 is 5.32 Å². The molecule has 2 aromatic rings. The van der Waals surface area contributed by atoms with Crippen molar-refractivity contribution in [3.63, 3.8) is 0 Å². The van der Waals surface area contributed by atoms with Gasteiger partial charge in [-0.05, 0) is 30.5 Å². The van der Waals surface area contributed by atoms with Gasteiger partial charge in [-0.2, -0.15) is 0 Å². The van der Waals surface area contributed by atoms with Gasteiger partial charge in [-0.1, -0.05) is 42.1 Å². The number of benzene rings is 1. The summed E-state index contributed by atoms with van der Waals surface area (Å²) in [6.07, 6.45) is 4.52. The summed E-state index contributed by atoms with van der Waals surface area (Å²) in [6.45, 7) is 3.89. The molecular formula is C18H22N4OS. The number of hydrogen-bond acceptors (Lipinski definition) is 5. The first-order valence-corrected chi connectivity index (χ1v) is 9.21. The highest BCUT2D eigenvalue weighted by Gasteiger charge is 2.22. The van der Waals surface area contributed by atoms with Crippen LogP contribution >= 0.6 is 11.8 Å². The molecule has 0 unspecified atom stereocenters. The number of thioether (sulfide) groups is 1. The van der Waals surface area contributed by atoms with Crippen LogP contribution in [0.5, 0.6) is 0 Å². The fourth-order valence-corrected chi connectivity index (χ4v) is 3.50. The largest absolute Gasteiger partial charge is 0.355 e. The van der Waals surface area contributed by atoms with Crippen LogP contribution in [0.1, 0.15) is 12.0 Å². The number of aromatic nitrogens is 2. The van der Waals surface area contributed by atoms with Crippen LogP contribution in [0.15, 0.2) is 53.9 Å². The van der Waals surface area contributed by atoms with Gasteiger partial charge in [0, 0.05) is 32.0 Å². The van der Waals surface area contributed by atoms with Crippen molar-refractivity contribution in [2.24, 2.45) is 5.92 Å². The zero-order valence-corrected chi connectivity index (χ0v) is 14.4. The molecule has 126 valence electrons. The number of nitrogens with one attached hydrogen (secondary N) is 1. The molecule has 1 amide bonds. The lowest BCUT2D eigenvalue weighted by molar-refractivity contribution is -0.118. The molecule has 1 aliphatic heterocycles. The molecule has 0 bridgehead atoms. The van der Waals surface area contributed by atoms with Crippen molar-refractivity contribution in [2.45, 2.75) is 18.1 Å². The van der Waals surface area contributed by atoms with Crippen LogP contribution in [0.2, 0.25) is 0 Å². The zero-order valence-electron chi connectivity index (χ0n) is 13.6. The number of carbonyl (C=O) groups excluding carboxylic acids is 1. The second-order valence-electron chi connectivity index (χ2n) is 6.00. The smallest absolute Gasteiger partial charge is 0.230 e. The van der Waals surface area contributed by atoms with E-state index in [0.29, 0.717) is 16.8 Å². The molecule has 1 aromatic heterocycles. The fraction of sp³-hybridized carbons (Fsp3) is 0.389. The summed E-state index contributed by atoms with van der Waals surface area (Å²) in [5, 5.41) is 3.68. The molecule has 0 radical (unpaired) electrons. The number of hydrogen-bond donors (Lipinski definition) is 1. The minimum absolute atomic E-state index is 0.0500. The predicted octanol–water partition coefficient (Wildman–Crippen LogP) is 2.21. The van der Waals surface area contributed by atoms with Crippen LogP contribution in [0, 0.1) is 5.92 Å². The van der Waals surface area contributed by atoms with Crippen molar-refractivity contribution < 1.29 is 4.79 Å². The molecule has 5 nitrogen and oxygen atoms in total. The third kappa shape index (κ3) is 5.32. The molecule has 1 aliphatic rings. The third-order valence-corrected chi connectivity index (χ3v) is 4.96. The first-order chi connectivity index (χ1) is 11.8. The Bertz CT molecular complexity index is 638. The lowest BCUT2D eigenvalue weighted by Crippen LogP contribution is -2.32. The van der Waals surface area contributed by atoms with Crippen LogP contribution in [-0.4, -0.2) is 46.2 Å². The van der Waals surface area contributed by atoms with Crippen molar-refractivity contribution in [1.82, 2.24) is 20.2 Å². The van der Waals surface area contributed by atoms with E-state index in [4.69, 9.17) is 0 Å². The Kier molecular flexibility index (Phi) is 6.20. The number of rotatable bonds is 7. The Morgan fingerprint density at radius 1 is 1.21 bits per heavy atom. The summed E-state index contributed by atoms with van der Waals surface area (Å²) >= 11 is 1.37. The highest BCUT2D eigenvalue weighted by atomic mass is 32.2. The standard InChI is InChI=1S/C18H22N4OS/c23-17(14-24-18-19-8-4-9-20-18)21-11-16-7-10-22(13-16)12-15-5-2-1-3-6-15/h1-6,8-9,16H,7,10-14H2,(H,21,23)/t16-/m1/s1. The molecule has 1 saturated heterocycles. The zero-order chi connectivity index (χ0) is 16.6. The van der Waals surface area contributed by atoms with Crippen molar-refractivity contribution in [3.8, 4) is 0 Å². The van der Waals surface area contributed by atoms with Gasteiger partial charge < -0.3 is 5.32 Å². The molecule has 0 saturated carbocycles. The fourth-order valence-electron chi connectivity index (χ4n) is 2.86. The molecule has 1 aromatic carbocycles. The highest BCUT2D eigenvalue weighted by Crippen LogP contribution is 2.18. The van der Waals surface area contributed by atoms with Gasteiger partial charge in [0.15, 0.2) is 5.16 Å². The summed E-state index contributed by atoms with van der Waals surface area (Å²) in [5.41, 5.74) is 1.35. The van der Waals surface area contributed by atoms with Crippen LogP contribution in [0.4, 0.5) is 0 Å². The van der Waals surface area contributed by atoms with Gasteiger partial charge in [-0.3, -0.25) is 9.69 Å². The van der Waals surface area contributed by atoms with Crippen molar-refractivity contribution >= 4 is 17.7 Å². The Morgan fingerprint density at radius 2 is 2.00 bits per heavy atom. The molecule has 2 heterocycles. The van der Waals surface area contributed by atoms with Gasteiger partial charge in [0.1, 0.15) is 0 Å². The Morgan fingerprint density at radius 3 is 2.79 bits per heavy atom. The maximum absolute atomic E-state index is 11.9. The van der Waals surface area contributed by atoms with Crippen LogP contribution in [-0.2, 0) is 11.3 Å². The van der Waals surface area contributed by atoms with E-state index in [1.165, 1.54) is 17.3 Å².